The second-order valence-corrected chi connectivity index (χ2v) is 2.27. The van der Waals surface area contributed by atoms with Crippen molar-refractivity contribution in [2.75, 3.05) is 6.61 Å². The Labute approximate surface area is 76.2 Å². The Hall–Kier alpha value is -1.65. The summed E-state index contributed by atoms with van der Waals surface area (Å²) in [6.45, 7) is 2.49. The van der Waals surface area contributed by atoms with Crippen LogP contribution in [0.15, 0.2) is 18.6 Å². The van der Waals surface area contributed by atoms with E-state index < -0.39 is 6.09 Å². The summed E-state index contributed by atoms with van der Waals surface area (Å²) in [5.41, 5.74) is 0.753. The Morgan fingerprint density at radius 3 is 3.15 bits per heavy atom. The van der Waals surface area contributed by atoms with Gasteiger partial charge in [0.2, 0.25) is 0 Å². The molecule has 0 spiro atoms. The summed E-state index contributed by atoms with van der Waals surface area (Å²) >= 11 is 0. The number of alkyl carbamates (subject to hydrolysis) is 1. The largest absolute Gasteiger partial charge is 0.450 e. The average Bonchev–Trinajstić information content (AvgIpc) is 2.17. The minimum atomic E-state index is -0.430. The molecule has 0 unspecified atom stereocenters. The maximum atomic E-state index is 10.8. The summed E-state index contributed by atoms with van der Waals surface area (Å²) in [6, 6.07) is 1.73. The number of carbonyl (C=O) groups excluding carboxylic acids is 1. The van der Waals surface area contributed by atoms with Gasteiger partial charge < -0.3 is 10.1 Å². The van der Waals surface area contributed by atoms with E-state index in [1.165, 1.54) is 6.33 Å². The number of amides is 1. The molecule has 1 rings (SSSR count). The van der Waals surface area contributed by atoms with E-state index in [2.05, 4.69) is 20.0 Å². The van der Waals surface area contributed by atoms with Crippen molar-refractivity contribution in [2.24, 2.45) is 0 Å². The fourth-order valence-corrected chi connectivity index (χ4v) is 0.768. The molecule has 0 bridgehead atoms. The zero-order valence-corrected chi connectivity index (χ0v) is 7.36. The molecule has 0 radical (unpaired) electrons. The van der Waals surface area contributed by atoms with Gasteiger partial charge in [0, 0.05) is 6.20 Å². The van der Waals surface area contributed by atoms with Crippen molar-refractivity contribution in [1.82, 2.24) is 15.3 Å². The van der Waals surface area contributed by atoms with Gasteiger partial charge in [0.15, 0.2) is 0 Å². The molecule has 1 aromatic heterocycles. The summed E-state index contributed by atoms with van der Waals surface area (Å²) in [5.74, 6) is 0. The Kier molecular flexibility index (Phi) is 3.69. The van der Waals surface area contributed by atoms with Crippen LogP contribution >= 0.6 is 0 Å². The van der Waals surface area contributed by atoms with E-state index in [1.54, 1.807) is 19.2 Å². The quantitative estimate of drug-likeness (QED) is 0.746. The van der Waals surface area contributed by atoms with Crippen molar-refractivity contribution >= 4 is 6.09 Å². The van der Waals surface area contributed by atoms with Crippen LogP contribution in [0.5, 0.6) is 0 Å². The molecule has 1 amide bonds. The fourth-order valence-electron chi connectivity index (χ4n) is 0.768. The second kappa shape index (κ2) is 5.08. The smallest absolute Gasteiger partial charge is 0.407 e. The Balaban J connectivity index is 2.31. The molecular formula is C8H11N3O2. The predicted octanol–water partition coefficient (Wildman–Crippen LogP) is 0.723. The first-order chi connectivity index (χ1) is 6.33. The molecule has 5 nitrogen and oxygen atoms in total. The van der Waals surface area contributed by atoms with Crippen LogP contribution in [0.25, 0.3) is 0 Å². The molecule has 0 aliphatic rings. The second-order valence-electron chi connectivity index (χ2n) is 2.27. The molecule has 70 valence electrons. The lowest BCUT2D eigenvalue weighted by molar-refractivity contribution is 0.151. The van der Waals surface area contributed by atoms with E-state index in [0.717, 1.165) is 5.69 Å². The molecule has 13 heavy (non-hydrogen) atoms. The molecule has 0 saturated carbocycles. The molecule has 0 atom stereocenters. The van der Waals surface area contributed by atoms with Gasteiger partial charge in [-0.3, -0.25) is 0 Å². The maximum Gasteiger partial charge on any atom is 0.407 e. The number of ether oxygens (including phenoxy) is 1. The van der Waals surface area contributed by atoms with Crippen molar-refractivity contribution < 1.29 is 9.53 Å². The van der Waals surface area contributed by atoms with Gasteiger partial charge in [0.1, 0.15) is 6.33 Å². The van der Waals surface area contributed by atoms with Gasteiger partial charge in [0.25, 0.3) is 0 Å². The van der Waals surface area contributed by atoms with Gasteiger partial charge in [0.05, 0.1) is 18.8 Å². The summed E-state index contributed by atoms with van der Waals surface area (Å²) in [4.78, 5) is 18.5. The van der Waals surface area contributed by atoms with E-state index in [4.69, 9.17) is 0 Å². The summed E-state index contributed by atoms with van der Waals surface area (Å²) in [6.07, 6.45) is 2.62. The van der Waals surface area contributed by atoms with Crippen LogP contribution in [0, 0.1) is 0 Å². The SMILES string of the molecule is CCOC(=O)NCc1ccncn1. The van der Waals surface area contributed by atoms with Crippen LogP contribution < -0.4 is 5.32 Å². The molecule has 0 saturated heterocycles. The van der Waals surface area contributed by atoms with Gasteiger partial charge in [-0.1, -0.05) is 0 Å². The van der Waals surface area contributed by atoms with Crippen LogP contribution in [-0.4, -0.2) is 22.7 Å². The number of carbonyl (C=O) groups is 1. The maximum absolute atomic E-state index is 10.8. The normalized spacial score (nSPS) is 9.31. The summed E-state index contributed by atoms with van der Waals surface area (Å²) in [7, 11) is 0. The van der Waals surface area contributed by atoms with Crippen LogP contribution in [0.1, 0.15) is 12.6 Å². The number of hydrogen-bond acceptors (Lipinski definition) is 4. The van der Waals surface area contributed by atoms with Crippen molar-refractivity contribution in [2.45, 2.75) is 13.5 Å². The van der Waals surface area contributed by atoms with Gasteiger partial charge in [-0.05, 0) is 13.0 Å². The van der Waals surface area contributed by atoms with E-state index in [0.29, 0.717) is 13.2 Å². The van der Waals surface area contributed by atoms with E-state index in [1.807, 2.05) is 0 Å². The van der Waals surface area contributed by atoms with Crippen molar-refractivity contribution in [3.05, 3.63) is 24.3 Å². The highest BCUT2D eigenvalue weighted by molar-refractivity contribution is 5.66. The Morgan fingerprint density at radius 1 is 1.69 bits per heavy atom. The fraction of sp³-hybridized carbons (Fsp3) is 0.375. The standard InChI is InChI=1S/C8H11N3O2/c1-2-13-8(12)10-5-7-3-4-9-6-11-7/h3-4,6H,2,5H2,1H3,(H,10,12). The van der Waals surface area contributed by atoms with Crippen LogP contribution in [0.4, 0.5) is 4.79 Å². The lowest BCUT2D eigenvalue weighted by Crippen LogP contribution is -2.24. The molecule has 0 aliphatic carbocycles. The van der Waals surface area contributed by atoms with Gasteiger partial charge in [-0.2, -0.15) is 0 Å². The van der Waals surface area contributed by atoms with E-state index >= 15 is 0 Å². The summed E-state index contributed by atoms with van der Waals surface area (Å²) < 4.78 is 4.67. The van der Waals surface area contributed by atoms with Crippen LogP contribution in [0.3, 0.4) is 0 Å². The third-order valence-electron chi connectivity index (χ3n) is 1.33. The lowest BCUT2D eigenvalue weighted by atomic mass is 10.4. The van der Waals surface area contributed by atoms with Gasteiger partial charge in [-0.25, -0.2) is 14.8 Å². The number of aromatic nitrogens is 2. The highest BCUT2D eigenvalue weighted by Gasteiger charge is 1.99. The highest BCUT2D eigenvalue weighted by Crippen LogP contribution is 1.89. The molecule has 1 aromatic rings. The zero-order chi connectivity index (χ0) is 9.52. The van der Waals surface area contributed by atoms with E-state index in [9.17, 15) is 4.79 Å². The zero-order valence-electron chi connectivity index (χ0n) is 7.36. The third kappa shape index (κ3) is 3.50. The molecule has 0 fully saturated rings. The third-order valence-corrected chi connectivity index (χ3v) is 1.33. The minimum absolute atomic E-state index is 0.362. The monoisotopic (exact) mass is 181 g/mol. The first kappa shape index (κ1) is 9.44. The molecule has 0 aliphatic heterocycles. The van der Waals surface area contributed by atoms with Crippen molar-refractivity contribution in [1.29, 1.82) is 0 Å². The number of nitrogens with one attached hydrogen (secondary N) is 1. The molecule has 1 heterocycles. The molecule has 5 heteroatoms. The van der Waals surface area contributed by atoms with E-state index in [-0.39, 0.29) is 0 Å². The predicted molar refractivity (Wildman–Crippen MR) is 45.9 cm³/mol. The first-order valence-corrected chi connectivity index (χ1v) is 3.98. The van der Waals surface area contributed by atoms with Crippen LogP contribution in [-0.2, 0) is 11.3 Å². The average molecular weight is 181 g/mol. The highest BCUT2D eigenvalue weighted by atomic mass is 16.5. The van der Waals surface area contributed by atoms with Crippen molar-refractivity contribution in [3.8, 4) is 0 Å². The Morgan fingerprint density at radius 2 is 2.54 bits per heavy atom. The van der Waals surface area contributed by atoms with Crippen LogP contribution in [0.2, 0.25) is 0 Å². The minimum Gasteiger partial charge on any atom is -0.450 e. The first-order valence-electron chi connectivity index (χ1n) is 3.98. The summed E-state index contributed by atoms with van der Waals surface area (Å²) in [5, 5.41) is 2.55. The number of rotatable bonds is 3. The molecule has 0 aromatic carbocycles. The molecular weight excluding hydrogens is 170 g/mol. The van der Waals surface area contributed by atoms with Gasteiger partial charge in [-0.15, -0.1) is 0 Å². The number of hydrogen-bond donors (Lipinski definition) is 1. The topological polar surface area (TPSA) is 64.1 Å². The van der Waals surface area contributed by atoms with Gasteiger partial charge >= 0.3 is 6.09 Å². The lowest BCUT2D eigenvalue weighted by Gasteiger charge is -2.03. The molecule has 1 N–H and O–H groups in total. The number of nitrogens with zero attached hydrogens (tertiary/aromatic N) is 2. The Bertz CT molecular complexity index is 263. The van der Waals surface area contributed by atoms with Crippen molar-refractivity contribution in [3.63, 3.8) is 0 Å².